The first-order valence-electron chi connectivity index (χ1n) is 8.64. The van der Waals surface area contributed by atoms with Crippen LogP contribution in [0, 0.1) is 21.4 Å². The first-order valence-corrected chi connectivity index (χ1v) is 10.3. The monoisotopic (exact) mass is 411 g/mol. The van der Waals surface area contributed by atoms with Crippen molar-refractivity contribution in [1.29, 1.82) is 5.26 Å². The van der Waals surface area contributed by atoms with Gasteiger partial charge in [0, 0.05) is 34.5 Å². The molecule has 0 aliphatic carbocycles. The maximum Gasteiger partial charge on any atom is 0.343 e. The Morgan fingerprint density at radius 2 is 1.97 bits per heavy atom. The van der Waals surface area contributed by atoms with Gasteiger partial charge in [-0.05, 0) is 30.7 Å². The molecule has 1 unspecified atom stereocenters. The summed E-state index contributed by atoms with van der Waals surface area (Å²) in [6.45, 7) is 0.309. The zero-order chi connectivity index (χ0) is 20.9. The molecule has 1 heterocycles. The van der Waals surface area contributed by atoms with Crippen LogP contribution in [0.25, 0.3) is 0 Å². The summed E-state index contributed by atoms with van der Waals surface area (Å²) < 4.78 is 5.87. The van der Waals surface area contributed by atoms with E-state index in [4.69, 9.17) is 10.00 Å². The molecule has 0 saturated heterocycles. The van der Waals surface area contributed by atoms with Crippen molar-refractivity contribution in [2.24, 2.45) is 4.99 Å². The van der Waals surface area contributed by atoms with Crippen molar-refractivity contribution in [1.82, 2.24) is 0 Å². The number of nitrogens with zero attached hydrogens (tertiary/aromatic N) is 3. The molecule has 2 aromatic rings. The van der Waals surface area contributed by atoms with Gasteiger partial charge < -0.3 is 9.84 Å². The van der Waals surface area contributed by atoms with E-state index in [9.17, 15) is 20.0 Å². The normalized spacial score (nSPS) is 19.6. The second-order valence-electron chi connectivity index (χ2n) is 6.02. The summed E-state index contributed by atoms with van der Waals surface area (Å²) in [5.41, 5.74) is 1.51. The van der Waals surface area contributed by atoms with Crippen LogP contribution in [0.2, 0.25) is 0 Å². The fourth-order valence-corrected chi connectivity index (χ4v) is 6.11. The Morgan fingerprint density at radius 3 is 2.62 bits per heavy atom. The van der Waals surface area contributed by atoms with E-state index in [0.29, 0.717) is 35.0 Å². The summed E-state index contributed by atoms with van der Waals surface area (Å²) in [5, 5.41) is 29.6. The number of nitro benzene ring substituents is 1. The molecule has 0 spiro atoms. The standard InChI is InChI=1S/C20H17N3O5S/c21-11-3-4-12-28-17-5-1-2-6-18(17)29(14-22-13-19(29)20(24)25)16-9-7-15(8-10-16)23(26)27/h1-2,5-10,13-14H,3-4,12H2,(H,24,25). The second-order valence-corrected chi connectivity index (χ2v) is 8.90. The molecule has 9 heteroatoms. The van der Waals surface area contributed by atoms with Crippen molar-refractivity contribution >= 4 is 27.2 Å². The predicted molar refractivity (Wildman–Crippen MR) is 108 cm³/mol. The maximum atomic E-state index is 12.0. The molecule has 0 radical (unpaired) electrons. The van der Waals surface area contributed by atoms with E-state index in [1.165, 1.54) is 18.3 Å². The molecule has 1 aliphatic rings. The summed E-state index contributed by atoms with van der Waals surface area (Å²) in [7, 11) is -2.42. The number of ether oxygens (including phenoxy) is 1. The molecular formula is C20H17N3O5S. The van der Waals surface area contributed by atoms with E-state index in [1.807, 2.05) is 0 Å². The summed E-state index contributed by atoms with van der Waals surface area (Å²) >= 11 is 0. The summed E-state index contributed by atoms with van der Waals surface area (Å²) in [4.78, 5) is 28.0. The molecule has 0 fully saturated rings. The van der Waals surface area contributed by atoms with Gasteiger partial charge in [-0.2, -0.15) is 5.26 Å². The van der Waals surface area contributed by atoms with E-state index in [-0.39, 0.29) is 10.6 Å². The van der Waals surface area contributed by atoms with E-state index in [2.05, 4.69) is 11.1 Å². The third kappa shape index (κ3) is 3.83. The van der Waals surface area contributed by atoms with Gasteiger partial charge in [-0.15, -0.1) is 10.0 Å². The Morgan fingerprint density at radius 1 is 1.24 bits per heavy atom. The minimum atomic E-state index is -2.42. The highest BCUT2D eigenvalue weighted by atomic mass is 32.3. The number of hydrogen-bond donors (Lipinski definition) is 1. The van der Waals surface area contributed by atoms with Gasteiger partial charge in [0.15, 0.2) is 0 Å². The molecule has 0 amide bonds. The average molecular weight is 411 g/mol. The number of benzene rings is 2. The average Bonchev–Trinajstić information content (AvgIpc) is 3.18. The Kier molecular flexibility index (Phi) is 5.95. The summed E-state index contributed by atoms with van der Waals surface area (Å²) in [6, 6.07) is 15.0. The maximum absolute atomic E-state index is 12.0. The number of carbonyl (C=O) groups is 1. The Bertz CT molecular complexity index is 1040. The quantitative estimate of drug-likeness (QED) is 0.388. The molecule has 1 N–H and O–H groups in total. The minimum absolute atomic E-state index is 0.0832. The number of para-hydroxylation sites is 1. The number of carboxylic acids is 1. The first-order chi connectivity index (χ1) is 14.0. The lowest BCUT2D eigenvalue weighted by Crippen LogP contribution is -2.13. The van der Waals surface area contributed by atoms with Crippen LogP contribution in [-0.4, -0.2) is 28.2 Å². The van der Waals surface area contributed by atoms with Gasteiger partial charge in [0.1, 0.15) is 10.7 Å². The molecule has 0 aromatic heterocycles. The van der Waals surface area contributed by atoms with E-state index < -0.39 is 20.9 Å². The molecule has 0 bridgehead atoms. The van der Waals surface area contributed by atoms with Gasteiger partial charge in [0.05, 0.1) is 23.1 Å². The zero-order valence-corrected chi connectivity index (χ0v) is 16.0. The number of hydrogen-bond acceptors (Lipinski definition) is 6. The third-order valence-electron chi connectivity index (χ3n) is 4.27. The molecule has 0 saturated carbocycles. The molecule has 1 atom stereocenters. The minimum Gasteiger partial charge on any atom is -0.492 e. The Balaban J connectivity index is 2.13. The number of carboxylic acid groups (broad SMARTS) is 1. The van der Waals surface area contributed by atoms with Crippen molar-refractivity contribution in [2.45, 2.75) is 22.6 Å². The molecule has 29 heavy (non-hydrogen) atoms. The first kappa shape index (κ1) is 20.1. The van der Waals surface area contributed by atoms with Gasteiger partial charge in [0.25, 0.3) is 5.69 Å². The number of aliphatic imine (C=N–C) groups is 1. The summed E-state index contributed by atoms with van der Waals surface area (Å²) in [5.74, 6) is -0.616. The van der Waals surface area contributed by atoms with Gasteiger partial charge in [-0.3, -0.25) is 15.1 Å². The van der Waals surface area contributed by atoms with Crippen molar-refractivity contribution < 1.29 is 19.6 Å². The molecule has 8 nitrogen and oxygen atoms in total. The van der Waals surface area contributed by atoms with Gasteiger partial charge in [0.2, 0.25) is 0 Å². The van der Waals surface area contributed by atoms with Crippen molar-refractivity contribution in [2.75, 3.05) is 6.61 Å². The van der Waals surface area contributed by atoms with Gasteiger partial charge in [-0.1, -0.05) is 12.1 Å². The SMILES string of the molecule is N#CCCCOc1ccccc1S1(c2ccc([N+](=O)[O-])cc2)C=NC=C1C(=O)O. The van der Waals surface area contributed by atoms with Crippen molar-refractivity contribution in [3.05, 3.63) is 69.8 Å². The van der Waals surface area contributed by atoms with Crippen LogP contribution >= 0.6 is 10.0 Å². The highest BCUT2D eigenvalue weighted by Crippen LogP contribution is 2.70. The Hall–Kier alpha value is -3.64. The third-order valence-corrected chi connectivity index (χ3v) is 7.73. The highest BCUT2D eigenvalue weighted by molar-refractivity contribution is 8.47. The number of rotatable bonds is 8. The number of non-ortho nitro benzene ring substituents is 1. The Labute approximate surface area is 168 Å². The van der Waals surface area contributed by atoms with E-state index in [1.54, 1.807) is 41.9 Å². The largest absolute Gasteiger partial charge is 0.492 e. The molecule has 1 aliphatic heterocycles. The van der Waals surface area contributed by atoms with E-state index in [0.717, 1.165) is 0 Å². The molecule has 148 valence electrons. The van der Waals surface area contributed by atoms with Gasteiger partial charge in [-0.25, -0.2) is 4.79 Å². The van der Waals surface area contributed by atoms with Gasteiger partial charge >= 0.3 is 5.97 Å². The second kappa shape index (κ2) is 8.58. The van der Waals surface area contributed by atoms with Crippen LogP contribution < -0.4 is 4.74 Å². The fraction of sp³-hybridized carbons (Fsp3) is 0.150. The smallest absolute Gasteiger partial charge is 0.343 e. The molecular weight excluding hydrogens is 394 g/mol. The van der Waals surface area contributed by atoms with Crippen molar-refractivity contribution in [3.63, 3.8) is 0 Å². The number of unbranched alkanes of at least 4 members (excludes halogenated alkanes) is 1. The van der Waals surface area contributed by atoms with Crippen LogP contribution in [0.3, 0.4) is 0 Å². The van der Waals surface area contributed by atoms with Crippen molar-refractivity contribution in [3.8, 4) is 11.8 Å². The lowest BCUT2D eigenvalue weighted by molar-refractivity contribution is -0.384. The number of aliphatic carboxylic acids is 1. The molecule has 3 rings (SSSR count). The molecule has 2 aromatic carbocycles. The highest BCUT2D eigenvalue weighted by Gasteiger charge is 2.40. The lowest BCUT2D eigenvalue weighted by atomic mass is 10.3. The number of nitro groups is 1. The topological polar surface area (TPSA) is 126 Å². The van der Waals surface area contributed by atoms with Crippen LogP contribution in [0.4, 0.5) is 5.69 Å². The van der Waals surface area contributed by atoms with Crippen LogP contribution in [0.15, 0.2) is 74.4 Å². The predicted octanol–water partition coefficient (Wildman–Crippen LogP) is 4.47. The summed E-state index contributed by atoms with van der Waals surface area (Å²) in [6.07, 6.45) is 2.20. The fourth-order valence-electron chi connectivity index (χ4n) is 2.96. The van der Waals surface area contributed by atoms with E-state index >= 15 is 0 Å². The van der Waals surface area contributed by atoms with Crippen LogP contribution in [0.1, 0.15) is 12.8 Å². The number of nitriles is 1. The van der Waals surface area contributed by atoms with Crippen LogP contribution in [0.5, 0.6) is 5.75 Å². The van der Waals surface area contributed by atoms with Crippen LogP contribution in [-0.2, 0) is 4.79 Å². The lowest BCUT2D eigenvalue weighted by Gasteiger charge is -2.35. The zero-order valence-electron chi connectivity index (χ0n) is 15.2.